The summed E-state index contributed by atoms with van der Waals surface area (Å²) in [6, 6.07) is 18.5. The summed E-state index contributed by atoms with van der Waals surface area (Å²) in [5, 5.41) is 10.0. The van der Waals surface area contributed by atoms with Crippen LogP contribution in [0.2, 0.25) is 5.02 Å². The molecule has 0 aliphatic heterocycles. The van der Waals surface area contributed by atoms with Gasteiger partial charge >= 0.3 is 0 Å². The highest BCUT2D eigenvalue weighted by atomic mass is 35.5. The lowest BCUT2D eigenvalue weighted by Crippen LogP contribution is -2.41. The van der Waals surface area contributed by atoms with Crippen LogP contribution in [0.4, 0.5) is 0 Å². The van der Waals surface area contributed by atoms with Crippen LogP contribution in [0, 0.1) is 0 Å². The maximum Gasteiger partial charge on any atom is 0.191 e. The highest BCUT2D eigenvalue weighted by Gasteiger charge is 2.44. The van der Waals surface area contributed by atoms with Crippen LogP contribution >= 0.6 is 11.6 Å². The second-order valence-corrected chi connectivity index (χ2v) is 7.49. The van der Waals surface area contributed by atoms with Gasteiger partial charge in [-0.1, -0.05) is 48.0 Å². The van der Waals surface area contributed by atoms with Gasteiger partial charge in [0.2, 0.25) is 0 Å². The third-order valence-electron chi connectivity index (χ3n) is 5.29. The number of rotatable bonds is 5. The molecule has 138 valence electrons. The van der Waals surface area contributed by atoms with Crippen molar-refractivity contribution >= 4 is 28.3 Å². The number of aliphatic imine (C=N–C) groups is 1. The number of guanidine groups is 1. The van der Waals surface area contributed by atoms with Gasteiger partial charge in [0.15, 0.2) is 5.96 Å². The predicted octanol–water partition coefficient (Wildman–Crippen LogP) is 4.29. The maximum atomic E-state index is 6.17. The molecule has 0 radical (unpaired) electrons. The Labute approximate surface area is 164 Å². The Morgan fingerprint density at radius 1 is 1.11 bits per heavy atom. The van der Waals surface area contributed by atoms with Gasteiger partial charge in [0, 0.05) is 35.6 Å². The van der Waals surface area contributed by atoms with E-state index in [2.05, 4.69) is 44.9 Å². The van der Waals surface area contributed by atoms with Gasteiger partial charge < -0.3 is 10.6 Å². The quantitative estimate of drug-likeness (QED) is 0.514. The van der Waals surface area contributed by atoms with E-state index in [1.54, 1.807) is 7.05 Å². The Morgan fingerprint density at radius 3 is 2.74 bits per heavy atom. The summed E-state index contributed by atoms with van der Waals surface area (Å²) in [5.74, 6) is 0.790. The first-order valence-corrected chi connectivity index (χ1v) is 9.61. The molecule has 4 nitrogen and oxygen atoms in total. The molecule has 27 heavy (non-hydrogen) atoms. The number of aromatic nitrogens is 1. The van der Waals surface area contributed by atoms with Crippen LogP contribution in [-0.2, 0) is 12.0 Å². The minimum atomic E-state index is 0.167. The molecular formula is C22H23ClN4. The number of nitrogens with zero attached hydrogens (tertiary/aromatic N) is 2. The Kier molecular flexibility index (Phi) is 4.99. The van der Waals surface area contributed by atoms with Gasteiger partial charge in [0.25, 0.3) is 0 Å². The standard InChI is InChI=1S/C22H23ClN4/c1-24-21(26-14-20-19-8-3-2-5-16(19)9-12-25-20)27-15-22(10-11-22)17-6-4-7-18(23)13-17/h2-9,12-13H,10-11,14-15H2,1H3,(H2,24,26,27). The van der Waals surface area contributed by atoms with E-state index in [1.807, 2.05) is 36.5 Å². The van der Waals surface area contributed by atoms with Gasteiger partial charge in [-0.3, -0.25) is 9.98 Å². The molecule has 1 heterocycles. The molecule has 0 unspecified atom stereocenters. The van der Waals surface area contributed by atoms with E-state index < -0.39 is 0 Å². The lowest BCUT2D eigenvalue weighted by atomic mass is 9.96. The van der Waals surface area contributed by atoms with E-state index in [0.717, 1.165) is 23.2 Å². The third-order valence-corrected chi connectivity index (χ3v) is 5.52. The van der Waals surface area contributed by atoms with Crippen molar-refractivity contribution in [3.05, 3.63) is 77.1 Å². The molecule has 5 heteroatoms. The zero-order valence-electron chi connectivity index (χ0n) is 15.4. The molecule has 2 N–H and O–H groups in total. The van der Waals surface area contributed by atoms with Crippen molar-refractivity contribution < 1.29 is 0 Å². The lowest BCUT2D eigenvalue weighted by molar-refractivity contribution is 0.645. The molecule has 1 aromatic heterocycles. The van der Waals surface area contributed by atoms with Gasteiger partial charge in [-0.2, -0.15) is 0 Å². The highest BCUT2D eigenvalue weighted by molar-refractivity contribution is 6.30. The molecule has 1 aliphatic carbocycles. The molecule has 1 aliphatic rings. The average molecular weight is 379 g/mol. The van der Waals surface area contributed by atoms with E-state index in [4.69, 9.17) is 11.6 Å². The van der Waals surface area contributed by atoms with Crippen LogP contribution in [0.25, 0.3) is 10.8 Å². The molecule has 0 atom stereocenters. The zero-order chi connectivity index (χ0) is 18.7. The number of benzene rings is 2. The van der Waals surface area contributed by atoms with E-state index in [1.165, 1.54) is 29.2 Å². The van der Waals surface area contributed by atoms with Gasteiger partial charge in [-0.05, 0) is 42.0 Å². The topological polar surface area (TPSA) is 49.3 Å². The second-order valence-electron chi connectivity index (χ2n) is 7.05. The summed E-state index contributed by atoms with van der Waals surface area (Å²) < 4.78 is 0. The van der Waals surface area contributed by atoms with Crippen LogP contribution in [0.3, 0.4) is 0 Å². The summed E-state index contributed by atoms with van der Waals surface area (Å²) in [5.41, 5.74) is 2.49. The monoisotopic (exact) mass is 378 g/mol. The number of fused-ring (bicyclic) bond motifs is 1. The molecular weight excluding hydrogens is 356 g/mol. The van der Waals surface area contributed by atoms with Crippen molar-refractivity contribution in [1.82, 2.24) is 15.6 Å². The van der Waals surface area contributed by atoms with Crippen molar-refractivity contribution in [2.24, 2.45) is 4.99 Å². The fraction of sp³-hybridized carbons (Fsp3) is 0.273. The Hall–Kier alpha value is -2.59. The van der Waals surface area contributed by atoms with Crippen molar-refractivity contribution in [1.29, 1.82) is 0 Å². The largest absolute Gasteiger partial charge is 0.356 e. The number of nitrogens with one attached hydrogen (secondary N) is 2. The summed E-state index contributed by atoms with van der Waals surface area (Å²) in [6.07, 6.45) is 4.19. The van der Waals surface area contributed by atoms with Crippen molar-refractivity contribution in [3.63, 3.8) is 0 Å². The average Bonchev–Trinajstić information content (AvgIpc) is 3.49. The Balaban J connectivity index is 1.40. The Morgan fingerprint density at radius 2 is 1.96 bits per heavy atom. The first-order valence-electron chi connectivity index (χ1n) is 9.23. The van der Waals surface area contributed by atoms with E-state index in [9.17, 15) is 0 Å². The fourth-order valence-corrected chi connectivity index (χ4v) is 3.69. The normalized spacial score (nSPS) is 15.6. The van der Waals surface area contributed by atoms with Crippen LogP contribution in [0.5, 0.6) is 0 Å². The zero-order valence-corrected chi connectivity index (χ0v) is 16.1. The molecule has 0 saturated heterocycles. The number of hydrogen-bond acceptors (Lipinski definition) is 2. The van der Waals surface area contributed by atoms with Crippen LogP contribution in [0.15, 0.2) is 65.8 Å². The lowest BCUT2D eigenvalue weighted by Gasteiger charge is -2.19. The summed E-state index contributed by atoms with van der Waals surface area (Å²) >= 11 is 6.17. The Bertz CT molecular complexity index is 973. The van der Waals surface area contributed by atoms with Gasteiger partial charge in [-0.25, -0.2) is 0 Å². The van der Waals surface area contributed by atoms with Crippen molar-refractivity contribution in [2.75, 3.05) is 13.6 Å². The van der Waals surface area contributed by atoms with Crippen LogP contribution in [-0.4, -0.2) is 24.5 Å². The SMILES string of the molecule is CN=C(NCc1nccc2ccccc12)NCC1(c2cccc(Cl)c2)CC1. The van der Waals surface area contributed by atoms with Gasteiger partial charge in [-0.15, -0.1) is 0 Å². The van der Waals surface area contributed by atoms with Crippen molar-refractivity contribution in [3.8, 4) is 0 Å². The summed E-state index contributed by atoms with van der Waals surface area (Å²) in [6.45, 7) is 1.47. The molecule has 2 aromatic carbocycles. The summed E-state index contributed by atoms with van der Waals surface area (Å²) in [7, 11) is 1.80. The molecule has 0 bridgehead atoms. The van der Waals surface area contributed by atoms with Crippen LogP contribution in [0.1, 0.15) is 24.1 Å². The maximum absolute atomic E-state index is 6.17. The van der Waals surface area contributed by atoms with E-state index in [-0.39, 0.29) is 5.41 Å². The molecule has 0 amide bonds. The summed E-state index contributed by atoms with van der Waals surface area (Å²) in [4.78, 5) is 8.90. The molecule has 3 aromatic rings. The van der Waals surface area contributed by atoms with Gasteiger partial charge in [0.1, 0.15) is 0 Å². The predicted molar refractivity (Wildman–Crippen MR) is 112 cm³/mol. The van der Waals surface area contributed by atoms with Crippen molar-refractivity contribution in [2.45, 2.75) is 24.8 Å². The third kappa shape index (κ3) is 3.91. The number of pyridine rings is 1. The molecule has 1 fully saturated rings. The smallest absolute Gasteiger partial charge is 0.191 e. The number of halogens is 1. The first-order chi connectivity index (χ1) is 13.2. The molecule has 4 rings (SSSR count). The first kappa shape index (κ1) is 17.8. The van der Waals surface area contributed by atoms with E-state index in [0.29, 0.717) is 6.54 Å². The minimum Gasteiger partial charge on any atom is -0.356 e. The van der Waals surface area contributed by atoms with Gasteiger partial charge in [0.05, 0.1) is 12.2 Å². The molecule has 0 spiro atoms. The fourth-order valence-electron chi connectivity index (χ4n) is 3.50. The second kappa shape index (κ2) is 7.57. The minimum absolute atomic E-state index is 0.167. The number of hydrogen-bond donors (Lipinski definition) is 2. The molecule has 1 saturated carbocycles. The highest BCUT2D eigenvalue weighted by Crippen LogP contribution is 2.48. The van der Waals surface area contributed by atoms with Crippen LogP contribution < -0.4 is 10.6 Å². The van der Waals surface area contributed by atoms with E-state index >= 15 is 0 Å².